The van der Waals surface area contributed by atoms with Crippen LogP contribution in [0.15, 0.2) is 48.5 Å². The van der Waals surface area contributed by atoms with Gasteiger partial charge in [0.1, 0.15) is 11.1 Å². The van der Waals surface area contributed by atoms with Crippen LogP contribution in [0.25, 0.3) is 11.1 Å². The fourth-order valence-electron chi connectivity index (χ4n) is 14.5. The summed E-state index contributed by atoms with van der Waals surface area (Å²) in [4.78, 5) is 0. The molecule has 0 aliphatic heterocycles. The Morgan fingerprint density at radius 2 is 1.05 bits per heavy atom. The molecule has 0 saturated heterocycles. The number of rotatable bonds is 12. The number of aryl methyl sites for hydroxylation is 1. The van der Waals surface area contributed by atoms with E-state index < -0.39 is 7.92 Å². The Morgan fingerprint density at radius 3 is 1.41 bits per heavy atom. The van der Waals surface area contributed by atoms with Crippen molar-refractivity contribution < 1.29 is 26.7 Å². The van der Waals surface area contributed by atoms with Gasteiger partial charge in [-0.05, 0) is 165 Å². The topological polar surface area (TPSA) is 18.5 Å². The number of hydrogen-bond donors (Lipinski definition) is 0. The summed E-state index contributed by atoms with van der Waals surface area (Å²) in [6.07, 6.45) is 21.9. The van der Waals surface area contributed by atoms with Gasteiger partial charge in [0, 0.05) is 0 Å². The average molecular weight is 961 g/mol. The maximum absolute atomic E-state index is 6.65. The Balaban J connectivity index is 0.000000371. The van der Waals surface area contributed by atoms with Gasteiger partial charge in [0.05, 0.1) is 38.0 Å². The van der Waals surface area contributed by atoms with E-state index in [1.165, 1.54) is 135 Å². The van der Waals surface area contributed by atoms with E-state index in [2.05, 4.69) is 122 Å². The molecular weight excluding hydrogens is 886 g/mol. The first-order chi connectivity index (χ1) is 28.0. The van der Waals surface area contributed by atoms with Gasteiger partial charge in [0.15, 0.2) is 5.75 Å². The molecule has 2 nitrogen and oxygen atoms in total. The zero-order valence-corrected chi connectivity index (χ0v) is 41.6. The van der Waals surface area contributed by atoms with Crippen LogP contribution < -0.4 is 14.8 Å². The summed E-state index contributed by atoms with van der Waals surface area (Å²) in [5, 5.41) is 2.65. The van der Waals surface area contributed by atoms with Crippen LogP contribution in [0, 0.1) is 41.6 Å². The summed E-state index contributed by atoms with van der Waals surface area (Å²) in [6, 6.07) is 21.0. The van der Waals surface area contributed by atoms with E-state index in [4.69, 9.17) is 9.47 Å². The van der Waals surface area contributed by atoms with Crippen LogP contribution in [0.1, 0.15) is 178 Å². The second-order valence-electron chi connectivity index (χ2n) is 21.0. The van der Waals surface area contributed by atoms with Crippen LogP contribution in [0.4, 0.5) is 0 Å². The minimum atomic E-state index is -1.08. The molecule has 0 spiro atoms. The van der Waals surface area contributed by atoms with Crippen LogP contribution in [-0.4, -0.2) is 24.5 Å². The van der Waals surface area contributed by atoms with Crippen LogP contribution in [-0.2, 0) is 23.6 Å². The predicted molar refractivity (Wildman–Crippen MR) is 250 cm³/mol. The van der Waals surface area contributed by atoms with Gasteiger partial charge in [0.2, 0.25) is 0 Å². The van der Waals surface area contributed by atoms with Crippen molar-refractivity contribution in [2.24, 2.45) is 35.5 Å². The van der Waals surface area contributed by atoms with Crippen molar-refractivity contribution in [3.8, 4) is 22.6 Å². The number of halogens is 1. The van der Waals surface area contributed by atoms with E-state index in [9.17, 15) is 0 Å². The molecule has 8 fully saturated rings. The van der Waals surface area contributed by atoms with E-state index in [1.807, 2.05) is 26.4 Å². The molecule has 3 aromatic carbocycles. The fourth-order valence-corrected chi connectivity index (χ4v) is 20.6. The Kier molecular flexibility index (Phi) is 14.8. The third-order valence-corrected chi connectivity index (χ3v) is 20.3. The van der Waals surface area contributed by atoms with Gasteiger partial charge in [-0.15, -0.1) is 0 Å². The summed E-state index contributed by atoms with van der Waals surface area (Å²) >= 11 is 5.35. The Bertz CT molecular complexity index is 1690. The van der Waals surface area contributed by atoms with Gasteiger partial charge >= 0.3 is 30.6 Å². The first-order valence-electron chi connectivity index (χ1n) is 23.3. The van der Waals surface area contributed by atoms with Gasteiger partial charge in [-0.1, -0.05) is 79.9 Å². The van der Waals surface area contributed by atoms with Crippen molar-refractivity contribution in [3.63, 3.8) is 0 Å². The normalized spacial score (nSPS) is 30.6. The van der Waals surface area contributed by atoms with Crippen molar-refractivity contribution in [2.45, 2.75) is 173 Å². The molecule has 3 aromatic rings. The van der Waals surface area contributed by atoms with Gasteiger partial charge in [0.25, 0.3) is 0 Å². The Morgan fingerprint density at radius 1 is 0.638 bits per heavy atom. The number of benzene rings is 3. The van der Waals surface area contributed by atoms with Crippen LogP contribution >= 0.6 is 21.4 Å². The summed E-state index contributed by atoms with van der Waals surface area (Å²) in [6.45, 7) is 16.6. The van der Waals surface area contributed by atoms with Crippen molar-refractivity contribution in [2.75, 3.05) is 14.2 Å². The van der Waals surface area contributed by atoms with Crippen molar-refractivity contribution >= 4 is 26.7 Å². The second-order valence-corrected chi connectivity index (χ2v) is 24.4. The minimum absolute atomic E-state index is 0.435. The molecule has 8 aliphatic carbocycles. The standard InChI is InChI=1S/C43H61O2P.C10H13.BrH.Pd/c1-25(2)34-17-35(26(3)4)39(36(18-34)27(5)6)40-37(44-7)9-10-38(45-8)41(40)46(42-19-28-11-29(20-42)13-30(12-28)21-42)43-22-31-14-32(23-43)16-33(15-31)24-43;1-2-3-7-10-8-5-4-6-9-10;;/h9-10,17-18,25-33H,11-16,19-24H2,1-8H3;5-6,8-9H,2-3,7H2,1H3;1H;/q;-1;;+2. The third-order valence-electron chi connectivity index (χ3n) is 15.9. The number of ether oxygens (including phenoxy) is 2. The first kappa shape index (κ1) is 44.9. The fraction of sp³-hybridized carbons (Fsp3) is 0.660. The monoisotopic (exact) mass is 959 g/mol. The van der Waals surface area contributed by atoms with E-state index in [-0.39, 0.29) is 0 Å². The summed E-state index contributed by atoms with van der Waals surface area (Å²) in [5.74, 6) is 9.43. The Labute approximate surface area is 373 Å². The predicted octanol–water partition coefficient (Wildman–Crippen LogP) is 15.2. The van der Waals surface area contributed by atoms with Gasteiger partial charge in [-0.3, -0.25) is 0 Å². The molecular formula is C53H75BrO2PPd+. The summed E-state index contributed by atoms with van der Waals surface area (Å²) < 4.78 is 13.2. The SMILES string of the molecule is CCCCc1cc[c-]cc1.COc1ccc(OC)c([PH+](C23CC4CC(CC(C4)C2)C3)C23CC4CC(CC(C4)C2)C3)c1-c1c(C(C)C)cc(C(C)C)cc1C(C)C.[Br][Pd+]. The van der Waals surface area contributed by atoms with Crippen molar-refractivity contribution in [3.05, 3.63) is 76.9 Å². The first-order valence-corrected chi connectivity index (χ1v) is 28.4. The molecule has 5 heteroatoms. The maximum atomic E-state index is 6.65. The summed E-state index contributed by atoms with van der Waals surface area (Å²) in [7, 11) is 2.83. The van der Waals surface area contributed by atoms with Gasteiger partial charge < -0.3 is 9.47 Å². The molecule has 0 unspecified atom stereocenters. The number of unbranched alkanes of at least 4 members (excludes halogenated alkanes) is 1. The van der Waals surface area contributed by atoms with E-state index in [1.54, 1.807) is 5.30 Å². The molecule has 0 atom stereocenters. The van der Waals surface area contributed by atoms with Crippen LogP contribution in [0.2, 0.25) is 0 Å². The molecule has 8 saturated carbocycles. The molecule has 0 heterocycles. The number of methoxy groups -OCH3 is 2. The molecule has 0 aromatic heterocycles. The van der Waals surface area contributed by atoms with Gasteiger partial charge in [-0.2, -0.15) is 35.9 Å². The van der Waals surface area contributed by atoms with E-state index >= 15 is 0 Å². The van der Waals surface area contributed by atoms with E-state index in [0.29, 0.717) is 28.1 Å². The van der Waals surface area contributed by atoms with Crippen molar-refractivity contribution in [1.82, 2.24) is 0 Å². The quantitative estimate of drug-likeness (QED) is 0.102. The molecule has 8 bridgehead atoms. The molecule has 11 rings (SSSR count). The molecule has 8 aliphatic rings. The third kappa shape index (κ3) is 8.87. The average Bonchev–Trinajstić information content (AvgIpc) is 3.19. The van der Waals surface area contributed by atoms with Crippen LogP contribution in [0.5, 0.6) is 11.5 Å². The van der Waals surface area contributed by atoms with Crippen molar-refractivity contribution in [1.29, 1.82) is 0 Å². The number of hydrogen-bond acceptors (Lipinski definition) is 2. The van der Waals surface area contributed by atoms with E-state index in [0.717, 1.165) is 41.3 Å². The van der Waals surface area contributed by atoms with Gasteiger partial charge in [-0.25, -0.2) is 0 Å². The Hall–Kier alpha value is -1.17. The second kappa shape index (κ2) is 19.1. The molecule has 0 amide bonds. The zero-order valence-electron chi connectivity index (χ0n) is 37.4. The molecule has 0 radical (unpaired) electrons. The molecule has 0 N–H and O–H groups in total. The zero-order chi connectivity index (χ0) is 41.4. The molecule has 320 valence electrons. The van der Waals surface area contributed by atoms with Crippen LogP contribution in [0.3, 0.4) is 0 Å². The molecule has 58 heavy (non-hydrogen) atoms. The summed E-state index contributed by atoms with van der Waals surface area (Å²) in [5.41, 5.74) is 8.88.